The van der Waals surface area contributed by atoms with Crippen LogP contribution in [0.5, 0.6) is 0 Å². The molecule has 0 spiro atoms. The first kappa shape index (κ1) is 25.2. The monoisotopic (exact) mass is 506 g/mol. The molecule has 1 aromatic rings. The lowest BCUT2D eigenvalue weighted by Gasteiger charge is -2.32. The van der Waals surface area contributed by atoms with Gasteiger partial charge in [0.2, 0.25) is 0 Å². The standard InChI is InChI=1S/C20H38N6O.HI/c1-5-17(6-2)19-15-18(27-24-19)16-23-20(21-3)22-9-7-8-10-26-13-11-25(4)12-14-26;/h15,17H,5-14,16H2,1-4H3,(H2,21,22,23);1H. The number of likely N-dealkylation sites (N-methyl/N-ethyl adjacent to an activating group) is 1. The summed E-state index contributed by atoms with van der Waals surface area (Å²) in [5, 5.41) is 10.9. The number of guanidine groups is 1. The van der Waals surface area contributed by atoms with E-state index in [0.29, 0.717) is 12.5 Å². The molecule has 1 fully saturated rings. The molecule has 28 heavy (non-hydrogen) atoms. The van der Waals surface area contributed by atoms with Gasteiger partial charge in [0.25, 0.3) is 0 Å². The SMILES string of the molecule is CCC(CC)c1cc(CNC(=NC)NCCCCN2CCN(C)CC2)on1.I. The van der Waals surface area contributed by atoms with Crippen LogP contribution in [-0.4, -0.2) is 74.3 Å². The predicted molar refractivity (Wildman–Crippen MR) is 127 cm³/mol. The predicted octanol–water partition coefficient (Wildman–Crippen LogP) is 2.89. The lowest BCUT2D eigenvalue weighted by Crippen LogP contribution is -2.44. The van der Waals surface area contributed by atoms with Gasteiger partial charge in [-0.2, -0.15) is 0 Å². The fourth-order valence-corrected chi connectivity index (χ4v) is 3.44. The number of rotatable bonds is 10. The molecule has 1 aromatic heterocycles. The summed E-state index contributed by atoms with van der Waals surface area (Å²) >= 11 is 0. The maximum atomic E-state index is 5.46. The van der Waals surface area contributed by atoms with E-state index in [4.69, 9.17) is 4.52 Å². The molecule has 1 aliphatic rings. The first-order valence-corrected chi connectivity index (χ1v) is 10.5. The van der Waals surface area contributed by atoms with E-state index in [9.17, 15) is 0 Å². The van der Waals surface area contributed by atoms with Crippen molar-refractivity contribution in [2.24, 2.45) is 4.99 Å². The van der Waals surface area contributed by atoms with Crippen LogP contribution in [0.4, 0.5) is 0 Å². The zero-order valence-electron chi connectivity index (χ0n) is 18.0. The van der Waals surface area contributed by atoms with Gasteiger partial charge in [-0.3, -0.25) is 4.99 Å². The van der Waals surface area contributed by atoms with Crippen molar-refractivity contribution in [3.63, 3.8) is 0 Å². The van der Waals surface area contributed by atoms with E-state index in [-0.39, 0.29) is 24.0 Å². The molecule has 0 saturated carbocycles. The fraction of sp³-hybridized carbons (Fsp3) is 0.800. The number of piperazine rings is 1. The van der Waals surface area contributed by atoms with Crippen LogP contribution in [0.15, 0.2) is 15.6 Å². The molecule has 2 rings (SSSR count). The third kappa shape index (κ3) is 8.65. The van der Waals surface area contributed by atoms with Crippen LogP contribution < -0.4 is 10.6 Å². The first-order chi connectivity index (χ1) is 13.2. The fourth-order valence-electron chi connectivity index (χ4n) is 3.44. The maximum Gasteiger partial charge on any atom is 0.191 e. The van der Waals surface area contributed by atoms with Crippen LogP contribution in [0.1, 0.15) is 56.9 Å². The van der Waals surface area contributed by atoms with Gasteiger partial charge >= 0.3 is 0 Å². The lowest BCUT2D eigenvalue weighted by molar-refractivity contribution is 0.152. The Labute approximate surface area is 187 Å². The van der Waals surface area contributed by atoms with Gasteiger partial charge < -0.3 is 25.0 Å². The van der Waals surface area contributed by atoms with Gasteiger partial charge in [-0.15, -0.1) is 24.0 Å². The number of hydrogen-bond donors (Lipinski definition) is 2. The smallest absolute Gasteiger partial charge is 0.191 e. The van der Waals surface area contributed by atoms with Gasteiger partial charge in [-0.25, -0.2) is 0 Å². The second kappa shape index (κ2) is 14.2. The van der Waals surface area contributed by atoms with Crippen LogP contribution in [0.2, 0.25) is 0 Å². The molecule has 0 radical (unpaired) electrons. The largest absolute Gasteiger partial charge is 0.359 e. The average molecular weight is 506 g/mol. The van der Waals surface area contributed by atoms with Crippen molar-refractivity contribution in [1.29, 1.82) is 0 Å². The Morgan fingerprint density at radius 3 is 2.54 bits per heavy atom. The van der Waals surface area contributed by atoms with E-state index in [1.54, 1.807) is 7.05 Å². The van der Waals surface area contributed by atoms with Gasteiger partial charge in [0.1, 0.15) is 0 Å². The molecule has 7 nitrogen and oxygen atoms in total. The Hall–Kier alpha value is -0.870. The van der Waals surface area contributed by atoms with E-state index in [1.807, 2.05) is 0 Å². The van der Waals surface area contributed by atoms with Crippen LogP contribution in [0, 0.1) is 0 Å². The molecule has 2 heterocycles. The summed E-state index contributed by atoms with van der Waals surface area (Å²) in [6.07, 6.45) is 4.54. The Bertz CT molecular complexity index is 553. The Morgan fingerprint density at radius 2 is 1.89 bits per heavy atom. The highest BCUT2D eigenvalue weighted by molar-refractivity contribution is 14.0. The number of halogens is 1. The van der Waals surface area contributed by atoms with Crippen LogP contribution >= 0.6 is 24.0 Å². The molecule has 2 N–H and O–H groups in total. The van der Waals surface area contributed by atoms with Crippen molar-refractivity contribution in [3.8, 4) is 0 Å². The van der Waals surface area contributed by atoms with E-state index in [2.05, 4.69) is 57.5 Å². The normalized spacial score (nSPS) is 16.2. The summed E-state index contributed by atoms with van der Waals surface area (Å²) in [5.74, 6) is 2.16. The summed E-state index contributed by atoms with van der Waals surface area (Å²) in [6, 6.07) is 2.06. The minimum atomic E-state index is 0. The highest BCUT2D eigenvalue weighted by atomic mass is 127. The average Bonchev–Trinajstić information content (AvgIpc) is 3.15. The summed E-state index contributed by atoms with van der Waals surface area (Å²) in [6.45, 7) is 11.9. The van der Waals surface area contributed by atoms with E-state index in [1.165, 1.54) is 39.1 Å². The van der Waals surface area contributed by atoms with E-state index >= 15 is 0 Å². The third-order valence-corrected chi connectivity index (χ3v) is 5.42. The minimum absolute atomic E-state index is 0. The highest BCUT2D eigenvalue weighted by Gasteiger charge is 2.14. The summed E-state index contributed by atoms with van der Waals surface area (Å²) in [5.41, 5.74) is 1.06. The zero-order valence-corrected chi connectivity index (χ0v) is 20.4. The van der Waals surface area contributed by atoms with Gasteiger partial charge in [0, 0.05) is 51.8 Å². The van der Waals surface area contributed by atoms with Crippen molar-refractivity contribution in [3.05, 3.63) is 17.5 Å². The highest BCUT2D eigenvalue weighted by Crippen LogP contribution is 2.22. The topological polar surface area (TPSA) is 68.9 Å². The van der Waals surface area contributed by atoms with Crippen molar-refractivity contribution in [1.82, 2.24) is 25.6 Å². The van der Waals surface area contributed by atoms with Gasteiger partial charge in [0.15, 0.2) is 11.7 Å². The summed E-state index contributed by atoms with van der Waals surface area (Å²) in [7, 11) is 4.00. The number of aliphatic imine (C=N–C) groups is 1. The van der Waals surface area contributed by atoms with Crippen molar-refractivity contribution in [2.75, 3.05) is 53.4 Å². The number of nitrogens with one attached hydrogen (secondary N) is 2. The third-order valence-electron chi connectivity index (χ3n) is 5.42. The summed E-state index contributed by atoms with van der Waals surface area (Å²) < 4.78 is 5.46. The molecule has 0 aliphatic carbocycles. The van der Waals surface area contributed by atoms with Gasteiger partial charge in [-0.05, 0) is 39.3 Å². The number of nitrogens with zero attached hydrogens (tertiary/aromatic N) is 4. The van der Waals surface area contributed by atoms with Crippen LogP contribution in [-0.2, 0) is 6.54 Å². The number of unbranched alkanes of at least 4 members (excludes halogenated alkanes) is 1. The van der Waals surface area contributed by atoms with Crippen molar-refractivity contribution in [2.45, 2.75) is 52.0 Å². The quantitative estimate of drug-likeness (QED) is 0.220. The van der Waals surface area contributed by atoms with Gasteiger partial charge in [0.05, 0.1) is 12.2 Å². The molecule has 0 unspecified atom stereocenters. The molecule has 1 aliphatic heterocycles. The maximum absolute atomic E-state index is 5.46. The molecule has 1 saturated heterocycles. The number of aromatic nitrogens is 1. The molecule has 0 amide bonds. The second-order valence-corrected chi connectivity index (χ2v) is 7.44. The van der Waals surface area contributed by atoms with E-state index < -0.39 is 0 Å². The van der Waals surface area contributed by atoms with Gasteiger partial charge in [-0.1, -0.05) is 19.0 Å². The second-order valence-electron chi connectivity index (χ2n) is 7.44. The molecule has 0 atom stereocenters. The van der Waals surface area contributed by atoms with E-state index in [0.717, 1.165) is 43.2 Å². The Kier molecular flexibility index (Phi) is 12.7. The Balaban J connectivity index is 0.00000392. The first-order valence-electron chi connectivity index (χ1n) is 10.5. The molecule has 162 valence electrons. The Morgan fingerprint density at radius 1 is 1.18 bits per heavy atom. The zero-order chi connectivity index (χ0) is 19.5. The van der Waals surface area contributed by atoms with Crippen molar-refractivity contribution < 1.29 is 4.52 Å². The molecular weight excluding hydrogens is 467 g/mol. The minimum Gasteiger partial charge on any atom is -0.359 e. The molecular formula is C20H39IN6O. The summed E-state index contributed by atoms with van der Waals surface area (Å²) in [4.78, 5) is 9.25. The lowest BCUT2D eigenvalue weighted by atomic mass is 9.99. The molecule has 0 aromatic carbocycles. The van der Waals surface area contributed by atoms with Crippen LogP contribution in [0.25, 0.3) is 0 Å². The number of hydrogen-bond acceptors (Lipinski definition) is 5. The van der Waals surface area contributed by atoms with Crippen molar-refractivity contribution >= 4 is 29.9 Å². The van der Waals surface area contributed by atoms with Crippen LogP contribution in [0.3, 0.4) is 0 Å². The molecule has 8 heteroatoms. The molecule has 0 bridgehead atoms.